The van der Waals surface area contributed by atoms with Crippen LogP contribution < -0.4 is 5.32 Å². The summed E-state index contributed by atoms with van der Waals surface area (Å²) in [6, 6.07) is 1.46. The summed E-state index contributed by atoms with van der Waals surface area (Å²) in [5.41, 5.74) is 0.314. The lowest BCUT2D eigenvalue weighted by Gasteiger charge is -2.51. The predicted molar refractivity (Wildman–Crippen MR) is 87.2 cm³/mol. The van der Waals surface area contributed by atoms with Gasteiger partial charge < -0.3 is 5.32 Å². The van der Waals surface area contributed by atoms with Gasteiger partial charge in [0.25, 0.3) is 0 Å². The molecule has 1 aliphatic heterocycles. The van der Waals surface area contributed by atoms with E-state index in [0.717, 1.165) is 12.0 Å². The Bertz CT molecular complexity index is 301. The van der Waals surface area contributed by atoms with Gasteiger partial charge >= 0.3 is 0 Å². The Labute approximate surface area is 126 Å². The zero-order valence-corrected chi connectivity index (χ0v) is 14.3. The molecule has 1 heterocycles. The summed E-state index contributed by atoms with van der Waals surface area (Å²) < 4.78 is 0. The number of rotatable bonds is 4. The van der Waals surface area contributed by atoms with Crippen LogP contribution >= 0.6 is 0 Å². The molecule has 0 aromatic rings. The molecule has 0 amide bonds. The van der Waals surface area contributed by atoms with Crippen LogP contribution in [0.4, 0.5) is 0 Å². The summed E-state index contributed by atoms with van der Waals surface area (Å²) in [7, 11) is 2.27. The molecule has 0 bridgehead atoms. The lowest BCUT2D eigenvalue weighted by molar-refractivity contribution is -0.00733. The molecular weight excluding hydrogens is 246 g/mol. The van der Waals surface area contributed by atoms with Crippen LogP contribution in [0.2, 0.25) is 0 Å². The van der Waals surface area contributed by atoms with Crippen molar-refractivity contribution in [1.29, 1.82) is 0 Å². The van der Waals surface area contributed by atoms with Crippen molar-refractivity contribution in [3.05, 3.63) is 0 Å². The number of nitrogens with one attached hydrogen (secondary N) is 1. The first-order valence-electron chi connectivity index (χ1n) is 8.62. The lowest BCUT2D eigenvalue weighted by atomic mass is 9.81. The molecule has 3 nitrogen and oxygen atoms in total. The molecule has 2 aliphatic rings. The van der Waals surface area contributed by atoms with E-state index in [1.807, 2.05) is 0 Å². The quantitative estimate of drug-likeness (QED) is 0.854. The predicted octanol–water partition coefficient (Wildman–Crippen LogP) is 2.57. The highest BCUT2D eigenvalue weighted by molar-refractivity contribution is 4.96. The molecule has 1 N–H and O–H groups in total. The number of piperazine rings is 1. The fourth-order valence-electron chi connectivity index (χ4n) is 3.88. The molecule has 0 aromatic carbocycles. The summed E-state index contributed by atoms with van der Waals surface area (Å²) in [6.07, 6.45) is 5.38. The van der Waals surface area contributed by atoms with Crippen molar-refractivity contribution in [3.63, 3.8) is 0 Å². The van der Waals surface area contributed by atoms with Gasteiger partial charge in [0.15, 0.2) is 0 Å². The first kappa shape index (κ1) is 16.3. The Morgan fingerprint density at radius 2 is 1.95 bits per heavy atom. The maximum Gasteiger partial charge on any atom is 0.0277 e. The molecule has 3 atom stereocenters. The minimum absolute atomic E-state index is 0.314. The smallest absolute Gasteiger partial charge is 0.0277 e. The molecule has 3 heteroatoms. The van der Waals surface area contributed by atoms with E-state index in [9.17, 15) is 0 Å². The normalized spacial score (nSPS) is 36.1. The average Bonchev–Trinajstić information content (AvgIpc) is 2.40. The number of likely N-dealkylation sites (N-methyl/N-ethyl adjacent to an activating group) is 1. The average molecular weight is 281 g/mol. The third kappa shape index (κ3) is 3.75. The van der Waals surface area contributed by atoms with Crippen molar-refractivity contribution < 1.29 is 0 Å². The molecule has 1 saturated carbocycles. The van der Waals surface area contributed by atoms with Gasteiger partial charge in [-0.05, 0) is 59.0 Å². The first-order chi connectivity index (χ1) is 9.44. The van der Waals surface area contributed by atoms with Gasteiger partial charge in [-0.1, -0.05) is 13.8 Å². The molecule has 1 aliphatic carbocycles. The van der Waals surface area contributed by atoms with Crippen LogP contribution in [0.3, 0.4) is 0 Å². The summed E-state index contributed by atoms with van der Waals surface area (Å²) in [5.74, 6) is 0.891. The molecule has 0 aromatic heterocycles. The van der Waals surface area contributed by atoms with Gasteiger partial charge in [-0.2, -0.15) is 0 Å². The fourth-order valence-corrected chi connectivity index (χ4v) is 3.88. The molecule has 3 unspecified atom stereocenters. The van der Waals surface area contributed by atoms with Crippen molar-refractivity contribution in [2.45, 2.75) is 71.0 Å². The fraction of sp³-hybridized carbons (Fsp3) is 1.00. The topological polar surface area (TPSA) is 18.5 Å². The van der Waals surface area contributed by atoms with E-state index in [1.165, 1.54) is 51.9 Å². The number of nitrogens with zero attached hydrogens (tertiary/aromatic N) is 2. The van der Waals surface area contributed by atoms with E-state index >= 15 is 0 Å². The summed E-state index contributed by atoms with van der Waals surface area (Å²) >= 11 is 0. The molecule has 2 rings (SSSR count). The van der Waals surface area contributed by atoms with Gasteiger partial charge in [-0.3, -0.25) is 9.80 Å². The van der Waals surface area contributed by atoms with Crippen LogP contribution in [0.1, 0.15) is 53.4 Å². The largest absolute Gasteiger partial charge is 0.312 e. The highest BCUT2D eigenvalue weighted by atomic mass is 15.3. The minimum atomic E-state index is 0.314. The monoisotopic (exact) mass is 281 g/mol. The van der Waals surface area contributed by atoms with Gasteiger partial charge in [0.2, 0.25) is 0 Å². The van der Waals surface area contributed by atoms with E-state index in [4.69, 9.17) is 0 Å². The van der Waals surface area contributed by atoms with Gasteiger partial charge in [0.1, 0.15) is 0 Å². The van der Waals surface area contributed by atoms with E-state index in [-0.39, 0.29) is 0 Å². The van der Waals surface area contributed by atoms with E-state index in [1.54, 1.807) is 0 Å². The molecule has 20 heavy (non-hydrogen) atoms. The van der Waals surface area contributed by atoms with E-state index < -0.39 is 0 Å². The highest BCUT2D eigenvalue weighted by Gasteiger charge is 2.38. The number of hydrogen-bond donors (Lipinski definition) is 1. The van der Waals surface area contributed by atoms with Crippen molar-refractivity contribution in [2.75, 3.05) is 33.2 Å². The Morgan fingerprint density at radius 3 is 2.60 bits per heavy atom. The molecule has 0 spiro atoms. The Kier molecular flexibility index (Phi) is 5.49. The van der Waals surface area contributed by atoms with Gasteiger partial charge in [0, 0.05) is 37.3 Å². The summed E-state index contributed by atoms with van der Waals surface area (Å²) in [4.78, 5) is 5.30. The second-order valence-electron chi connectivity index (χ2n) is 7.75. The van der Waals surface area contributed by atoms with Gasteiger partial charge in [-0.25, -0.2) is 0 Å². The molecule has 1 saturated heterocycles. The van der Waals surface area contributed by atoms with Crippen LogP contribution in [-0.4, -0.2) is 60.6 Å². The second kappa shape index (κ2) is 6.76. The lowest BCUT2D eigenvalue weighted by Crippen LogP contribution is -2.63. The molecule has 118 valence electrons. The minimum Gasteiger partial charge on any atom is -0.312 e. The van der Waals surface area contributed by atoms with Crippen LogP contribution in [0.5, 0.6) is 0 Å². The van der Waals surface area contributed by atoms with Crippen LogP contribution in [0.15, 0.2) is 0 Å². The van der Waals surface area contributed by atoms with E-state index in [0.29, 0.717) is 11.6 Å². The Balaban J connectivity index is 2.02. The van der Waals surface area contributed by atoms with Crippen molar-refractivity contribution >= 4 is 0 Å². The summed E-state index contributed by atoms with van der Waals surface area (Å²) in [6.45, 7) is 14.3. The van der Waals surface area contributed by atoms with Crippen LogP contribution in [0, 0.1) is 5.92 Å². The maximum absolute atomic E-state index is 3.82. The third-order valence-electron chi connectivity index (χ3n) is 5.55. The SMILES string of the molecule is CCCNC1CCC(C)CC1N1CCN(C)C(C)(C)C1. The molecule has 0 radical (unpaired) electrons. The zero-order valence-electron chi connectivity index (χ0n) is 14.3. The van der Waals surface area contributed by atoms with E-state index in [2.05, 4.69) is 49.9 Å². The van der Waals surface area contributed by atoms with Crippen molar-refractivity contribution in [1.82, 2.24) is 15.1 Å². The Morgan fingerprint density at radius 1 is 1.20 bits per heavy atom. The standard InChI is InChI=1S/C17H35N3/c1-6-9-18-15-8-7-14(2)12-16(15)20-11-10-19(5)17(3,4)13-20/h14-16,18H,6-13H2,1-5H3. The summed E-state index contributed by atoms with van der Waals surface area (Å²) in [5, 5.41) is 3.82. The highest BCUT2D eigenvalue weighted by Crippen LogP contribution is 2.31. The van der Waals surface area contributed by atoms with Crippen molar-refractivity contribution in [3.8, 4) is 0 Å². The van der Waals surface area contributed by atoms with Crippen molar-refractivity contribution in [2.24, 2.45) is 5.92 Å². The van der Waals surface area contributed by atoms with Crippen LogP contribution in [0.25, 0.3) is 0 Å². The van der Waals surface area contributed by atoms with Gasteiger partial charge in [-0.15, -0.1) is 0 Å². The Hall–Kier alpha value is -0.120. The van der Waals surface area contributed by atoms with Gasteiger partial charge in [0.05, 0.1) is 0 Å². The zero-order chi connectivity index (χ0) is 14.8. The third-order valence-corrected chi connectivity index (χ3v) is 5.55. The molecular formula is C17H35N3. The number of hydrogen-bond acceptors (Lipinski definition) is 3. The molecule has 2 fully saturated rings. The first-order valence-corrected chi connectivity index (χ1v) is 8.62. The van der Waals surface area contributed by atoms with Crippen LogP contribution in [-0.2, 0) is 0 Å². The second-order valence-corrected chi connectivity index (χ2v) is 7.75. The maximum atomic E-state index is 3.82.